The summed E-state index contributed by atoms with van der Waals surface area (Å²) < 4.78 is 29.3. The largest absolute Gasteiger partial charge is 0.352 e. The van der Waals surface area contributed by atoms with E-state index in [2.05, 4.69) is 5.32 Å². The fourth-order valence-corrected chi connectivity index (χ4v) is 6.02. The molecular weight excluding hydrogens is 522 g/mol. The van der Waals surface area contributed by atoms with Gasteiger partial charge in [-0.05, 0) is 82.9 Å². The van der Waals surface area contributed by atoms with Gasteiger partial charge in [-0.2, -0.15) is 0 Å². The molecule has 1 atom stereocenters. The average molecular weight is 564 g/mol. The molecule has 1 N–H and O–H groups in total. The summed E-state index contributed by atoms with van der Waals surface area (Å²) in [6, 6.07) is 18.9. The quantitative estimate of drug-likeness (QED) is 0.336. The fraction of sp³-hybridized carbons (Fsp3) is 0.375. The van der Waals surface area contributed by atoms with Crippen molar-refractivity contribution in [2.24, 2.45) is 0 Å². The van der Waals surface area contributed by atoms with Crippen LogP contribution in [0.3, 0.4) is 0 Å². The number of rotatable bonds is 11. The maximum absolute atomic E-state index is 14.2. The molecule has 7 nitrogen and oxygen atoms in total. The maximum atomic E-state index is 14.2. The number of aryl methyl sites for hydroxylation is 3. The molecule has 0 spiro atoms. The molecule has 214 valence electrons. The van der Waals surface area contributed by atoms with E-state index in [0.29, 0.717) is 12.1 Å². The van der Waals surface area contributed by atoms with Crippen LogP contribution in [-0.2, 0) is 26.2 Å². The van der Waals surface area contributed by atoms with Crippen molar-refractivity contribution < 1.29 is 18.0 Å². The monoisotopic (exact) mass is 563 g/mol. The Labute approximate surface area is 239 Å². The second-order valence-corrected chi connectivity index (χ2v) is 12.5. The second kappa shape index (κ2) is 13.1. The Morgan fingerprint density at radius 1 is 0.850 bits per heavy atom. The number of hydrogen-bond acceptors (Lipinski definition) is 4. The highest BCUT2D eigenvalue weighted by molar-refractivity contribution is 7.92. The van der Waals surface area contributed by atoms with Crippen molar-refractivity contribution in [1.82, 2.24) is 10.2 Å². The molecule has 0 aromatic heterocycles. The summed E-state index contributed by atoms with van der Waals surface area (Å²) in [5, 5.41) is 2.92. The molecule has 2 amide bonds. The number of nitrogens with one attached hydrogen (secondary N) is 1. The Kier molecular flexibility index (Phi) is 10.1. The lowest BCUT2D eigenvalue weighted by atomic mass is 10.1. The van der Waals surface area contributed by atoms with E-state index in [0.717, 1.165) is 27.8 Å². The van der Waals surface area contributed by atoms with Crippen molar-refractivity contribution in [2.45, 2.75) is 78.4 Å². The van der Waals surface area contributed by atoms with Gasteiger partial charge in [-0.1, -0.05) is 66.6 Å². The van der Waals surface area contributed by atoms with Crippen LogP contribution in [0.25, 0.3) is 0 Å². The zero-order chi connectivity index (χ0) is 29.6. The minimum Gasteiger partial charge on any atom is -0.352 e. The highest BCUT2D eigenvalue weighted by atomic mass is 32.2. The maximum Gasteiger partial charge on any atom is 0.264 e. The number of nitrogens with zero attached hydrogens (tertiary/aromatic N) is 2. The number of anilines is 1. The van der Waals surface area contributed by atoms with E-state index in [4.69, 9.17) is 0 Å². The standard InChI is InChI=1S/C32H41N3O4S/c1-8-29(32(37)33-22(2)3)34(20-27-16-12-23(4)13-17-27)31(36)21-35(30-11-9-10-25(6)26(30)7)40(38,39)28-18-14-24(5)15-19-28/h9-19,22,29H,8,20-21H2,1-7H3,(H,33,37)/t29-/m0/s1. The summed E-state index contributed by atoms with van der Waals surface area (Å²) in [6.07, 6.45) is 0.379. The normalized spacial score (nSPS) is 12.2. The molecule has 0 saturated carbocycles. The molecule has 0 aliphatic carbocycles. The minimum absolute atomic E-state index is 0.0986. The Hall–Kier alpha value is -3.65. The van der Waals surface area contributed by atoms with Crippen LogP contribution in [0.1, 0.15) is 55.0 Å². The van der Waals surface area contributed by atoms with Crippen molar-refractivity contribution in [2.75, 3.05) is 10.8 Å². The molecule has 0 fully saturated rings. The van der Waals surface area contributed by atoms with E-state index in [9.17, 15) is 18.0 Å². The first-order chi connectivity index (χ1) is 18.8. The van der Waals surface area contributed by atoms with Gasteiger partial charge in [0.1, 0.15) is 12.6 Å². The SMILES string of the molecule is CC[C@@H](C(=O)NC(C)C)N(Cc1ccc(C)cc1)C(=O)CN(c1cccc(C)c1C)S(=O)(=O)c1ccc(C)cc1. The van der Waals surface area contributed by atoms with E-state index in [-0.39, 0.29) is 23.4 Å². The van der Waals surface area contributed by atoms with Gasteiger partial charge in [-0.15, -0.1) is 0 Å². The summed E-state index contributed by atoms with van der Waals surface area (Å²) >= 11 is 0. The molecule has 0 aliphatic heterocycles. The molecule has 0 saturated heterocycles. The zero-order valence-electron chi connectivity index (χ0n) is 24.6. The molecule has 0 radical (unpaired) electrons. The third kappa shape index (κ3) is 7.30. The predicted octanol–water partition coefficient (Wildman–Crippen LogP) is 5.45. The van der Waals surface area contributed by atoms with Gasteiger partial charge < -0.3 is 10.2 Å². The van der Waals surface area contributed by atoms with Gasteiger partial charge >= 0.3 is 0 Å². The van der Waals surface area contributed by atoms with Crippen molar-refractivity contribution in [3.8, 4) is 0 Å². The molecular formula is C32H41N3O4S. The Balaban J connectivity index is 2.10. The van der Waals surface area contributed by atoms with Crippen LogP contribution < -0.4 is 9.62 Å². The summed E-state index contributed by atoms with van der Waals surface area (Å²) in [5.74, 6) is -0.722. The molecule has 3 aromatic carbocycles. The van der Waals surface area contributed by atoms with Gasteiger partial charge in [-0.3, -0.25) is 13.9 Å². The van der Waals surface area contributed by atoms with Gasteiger partial charge in [0.05, 0.1) is 10.6 Å². The van der Waals surface area contributed by atoms with Crippen molar-refractivity contribution in [3.05, 3.63) is 94.5 Å². The van der Waals surface area contributed by atoms with Gasteiger partial charge in [0.15, 0.2) is 0 Å². The lowest BCUT2D eigenvalue weighted by Crippen LogP contribution is -2.53. The van der Waals surface area contributed by atoms with Crippen LogP contribution >= 0.6 is 0 Å². The van der Waals surface area contributed by atoms with E-state index in [1.807, 2.05) is 78.8 Å². The van der Waals surface area contributed by atoms with E-state index >= 15 is 0 Å². The van der Waals surface area contributed by atoms with Crippen molar-refractivity contribution in [3.63, 3.8) is 0 Å². The minimum atomic E-state index is -4.10. The first-order valence-electron chi connectivity index (χ1n) is 13.7. The first-order valence-corrected chi connectivity index (χ1v) is 15.1. The molecule has 3 rings (SSSR count). The zero-order valence-corrected chi connectivity index (χ0v) is 25.4. The smallest absolute Gasteiger partial charge is 0.264 e. The molecule has 0 aliphatic rings. The van der Waals surface area contributed by atoms with Crippen LogP contribution in [0.5, 0.6) is 0 Å². The topological polar surface area (TPSA) is 86.8 Å². The van der Waals surface area contributed by atoms with E-state index < -0.39 is 28.5 Å². The molecule has 3 aromatic rings. The highest BCUT2D eigenvalue weighted by Gasteiger charge is 2.34. The first kappa shape index (κ1) is 30.9. The average Bonchev–Trinajstić information content (AvgIpc) is 2.89. The summed E-state index contributed by atoms with van der Waals surface area (Å²) in [7, 11) is -4.10. The van der Waals surface area contributed by atoms with Gasteiger partial charge in [0.25, 0.3) is 10.0 Å². The fourth-order valence-electron chi connectivity index (χ4n) is 4.55. The molecule has 0 unspecified atom stereocenters. The summed E-state index contributed by atoms with van der Waals surface area (Å²) in [5.41, 5.74) is 4.98. The lowest BCUT2D eigenvalue weighted by Gasteiger charge is -2.34. The number of carbonyl (C=O) groups excluding carboxylic acids is 2. The Morgan fingerprint density at radius 2 is 1.43 bits per heavy atom. The third-order valence-corrected chi connectivity index (χ3v) is 8.80. The lowest BCUT2D eigenvalue weighted by molar-refractivity contribution is -0.140. The molecule has 8 heteroatoms. The van der Waals surface area contributed by atoms with Crippen LogP contribution in [-0.4, -0.2) is 43.8 Å². The van der Waals surface area contributed by atoms with E-state index in [1.54, 1.807) is 36.4 Å². The van der Waals surface area contributed by atoms with Crippen LogP contribution in [0.4, 0.5) is 5.69 Å². The second-order valence-electron chi connectivity index (χ2n) is 10.6. The summed E-state index contributed by atoms with van der Waals surface area (Å²) in [6.45, 7) is 12.9. The van der Waals surface area contributed by atoms with E-state index in [1.165, 1.54) is 9.21 Å². The molecule has 0 bridgehead atoms. The molecule has 40 heavy (non-hydrogen) atoms. The highest BCUT2D eigenvalue weighted by Crippen LogP contribution is 2.29. The number of sulfonamides is 1. The summed E-state index contributed by atoms with van der Waals surface area (Å²) in [4.78, 5) is 29.0. The van der Waals surface area contributed by atoms with Gasteiger partial charge in [-0.25, -0.2) is 8.42 Å². The third-order valence-electron chi connectivity index (χ3n) is 7.02. The van der Waals surface area contributed by atoms with Gasteiger partial charge in [0.2, 0.25) is 11.8 Å². The van der Waals surface area contributed by atoms with Crippen molar-refractivity contribution >= 4 is 27.5 Å². The number of benzene rings is 3. The number of hydrogen-bond donors (Lipinski definition) is 1. The Morgan fingerprint density at radius 3 is 1.98 bits per heavy atom. The van der Waals surface area contributed by atoms with Crippen LogP contribution in [0, 0.1) is 27.7 Å². The van der Waals surface area contributed by atoms with Crippen LogP contribution in [0.15, 0.2) is 71.6 Å². The Bertz CT molecular complexity index is 1430. The van der Waals surface area contributed by atoms with Gasteiger partial charge in [0, 0.05) is 12.6 Å². The van der Waals surface area contributed by atoms with Crippen molar-refractivity contribution in [1.29, 1.82) is 0 Å². The number of amides is 2. The molecule has 0 heterocycles. The number of carbonyl (C=O) groups is 2. The predicted molar refractivity (Wildman–Crippen MR) is 161 cm³/mol. The van der Waals surface area contributed by atoms with Crippen LogP contribution in [0.2, 0.25) is 0 Å².